The van der Waals surface area contributed by atoms with E-state index in [-0.39, 0.29) is 11.9 Å². The van der Waals surface area contributed by atoms with Crippen molar-refractivity contribution in [2.45, 2.75) is 39.7 Å². The van der Waals surface area contributed by atoms with Crippen LogP contribution in [0.15, 0.2) is 12.1 Å². The van der Waals surface area contributed by atoms with E-state index in [0.717, 1.165) is 25.9 Å². The Bertz CT molecular complexity index is 597. The molecule has 2 rings (SSSR count). The fourth-order valence-electron chi connectivity index (χ4n) is 3.04. The number of rotatable bonds is 6. The van der Waals surface area contributed by atoms with Crippen LogP contribution in [-0.2, 0) is 0 Å². The van der Waals surface area contributed by atoms with E-state index in [0.29, 0.717) is 40.5 Å². The van der Waals surface area contributed by atoms with E-state index in [1.165, 1.54) is 0 Å². The van der Waals surface area contributed by atoms with Crippen LogP contribution in [0.2, 0.25) is 5.02 Å². The van der Waals surface area contributed by atoms with Gasteiger partial charge in [-0.05, 0) is 43.7 Å². The Kier molecular flexibility index (Phi) is 6.96. The molecule has 2 N–H and O–H groups in total. The Labute approximate surface area is 155 Å². The average molecular weight is 369 g/mol. The lowest BCUT2D eigenvalue weighted by molar-refractivity contribution is 0.0680. The predicted octanol–water partition coefficient (Wildman–Crippen LogP) is 3.58. The summed E-state index contributed by atoms with van der Waals surface area (Å²) in [4.78, 5) is 14.7. The minimum Gasteiger partial charge on any atom is -0.493 e. The summed E-state index contributed by atoms with van der Waals surface area (Å²) in [6.07, 6.45) is 1.87. The number of carbonyl (C=O) groups is 1. The number of methoxy groups -OCH3 is 1. The minimum atomic E-state index is -0.0289. The molecule has 1 unspecified atom stereocenters. The number of carbonyl (C=O) groups excluding carboxylic acids is 1. The number of halogens is 1. The molecule has 1 fully saturated rings. The van der Waals surface area contributed by atoms with Crippen molar-refractivity contribution < 1.29 is 14.3 Å². The molecule has 0 saturated carbocycles. The van der Waals surface area contributed by atoms with Crippen LogP contribution in [0.4, 0.5) is 0 Å². The molecule has 1 aromatic carbocycles. The summed E-state index contributed by atoms with van der Waals surface area (Å²) in [6, 6.07) is 3.55. The third kappa shape index (κ3) is 5.02. The molecule has 5 nitrogen and oxygen atoms in total. The van der Waals surface area contributed by atoms with Gasteiger partial charge in [-0.3, -0.25) is 4.79 Å². The maximum atomic E-state index is 12.8. The van der Waals surface area contributed by atoms with Gasteiger partial charge in [0.1, 0.15) is 0 Å². The van der Waals surface area contributed by atoms with Crippen LogP contribution >= 0.6 is 11.6 Å². The highest BCUT2D eigenvalue weighted by molar-refractivity contribution is 6.32. The number of ether oxygens (including phenoxy) is 2. The van der Waals surface area contributed by atoms with Crippen LogP contribution in [0, 0.1) is 11.8 Å². The van der Waals surface area contributed by atoms with Crippen molar-refractivity contribution in [3.63, 3.8) is 0 Å². The molecule has 6 heteroatoms. The number of nitrogens with two attached hydrogens (primary N) is 1. The summed E-state index contributed by atoms with van der Waals surface area (Å²) < 4.78 is 11.1. The Morgan fingerprint density at radius 1 is 1.32 bits per heavy atom. The molecule has 1 aliphatic heterocycles. The van der Waals surface area contributed by atoms with Crippen LogP contribution in [-0.4, -0.2) is 43.7 Å². The first-order valence-corrected chi connectivity index (χ1v) is 9.26. The Balaban J connectivity index is 2.14. The van der Waals surface area contributed by atoms with Crippen molar-refractivity contribution in [3.8, 4) is 11.5 Å². The summed E-state index contributed by atoms with van der Waals surface area (Å²) in [5, 5.41) is 0.397. The SMILES string of the molecule is COc1cc(C(=O)N2CCC(C(C)N)CC2)cc(Cl)c1OCC(C)C. The van der Waals surface area contributed by atoms with Crippen LogP contribution in [0.25, 0.3) is 0 Å². The molecule has 1 saturated heterocycles. The molecule has 1 aliphatic rings. The van der Waals surface area contributed by atoms with Gasteiger partial charge in [0, 0.05) is 24.7 Å². The lowest BCUT2D eigenvalue weighted by Gasteiger charge is -2.33. The summed E-state index contributed by atoms with van der Waals surface area (Å²) in [5.41, 5.74) is 6.50. The van der Waals surface area contributed by atoms with Gasteiger partial charge in [0.25, 0.3) is 5.91 Å². The quantitative estimate of drug-likeness (QED) is 0.833. The summed E-state index contributed by atoms with van der Waals surface area (Å²) in [6.45, 7) is 8.12. The topological polar surface area (TPSA) is 64.8 Å². The summed E-state index contributed by atoms with van der Waals surface area (Å²) in [5.74, 6) is 1.80. The average Bonchev–Trinajstić information content (AvgIpc) is 2.59. The van der Waals surface area contributed by atoms with Gasteiger partial charge in [0.15, 0.2) is 11.5 Å². The second-order valence-corrected chi connectivity index (χ2v) is 7.59. The van der Waals surface area contributed by atoms with E-state index < -0.39 is 0 Å². The first kappa shape index (κ1) is 19.9. The van der Waals surface area contributed by atoms with E-state index >= 15 is 0 Å². The number of likely N-dealkylation sites (tertiary alicyclic amines) is 1. The molecular formula is C19H29ClN2O3. The Morgan fingerprint density at radius 2 is 1.96 bits per heavy atom. The van der Waals surface area contributed by atoms with Crippen LogP contribution < -0.4 is 15.2 Å². The van der Waals surface area contributed by atoms with Crippen LogP contribution in [0.1, 0.15) is 44.0 Å². The predicted molar refractivity (Wildman–Crippen MR) is 101 cm³/mol. The van der Waals surface area contributed by atoms with Crippen molar-refractivity contribution in [3.05, 3.63) is 22.7 Å². The third-order valence-electron chi connectivity index (χ3n) is 4.61. The molecule has 0 spiro atoms. The maximum absolute atomic E-state index is 12.8. The van der Waals surface area contributed by atoms with Crippen molar-refractivity contribution in [1.29, 1.82) is 0 Å². The van der Waals surface area contributed by atoms with E-state index in [1.807, 2.05) is 11.8 Å². The molecule has 1 aromatic rings. The molecule has 1 amide bonds. The van der Waals surface area contributed by atoms with Gasteiger partial charge in [0.05, 0.1) is 18.7 Å². The van der Waals surface area contributed by atoms with Crippen LogP contribution in [0.3, 0.4) is 0 Å². The fraction of sp³-hybridized carbons (Fsp3) is 0.632. The maximum Gasteiger partial charge on any atom is 0.254 e. The molecule has 25 heavy (non-hydrogen) atoms. The summed E-state index contributed by atoms with van der Waals surface area (Å²) in [7, 11) is 1.55. The zero-order chi connectivity index (χ0) is 18.6. The van der Waals surface area contributed by atoms with Gasteiger partial charge >= 0.3 is 0 Å². The highest BCUT2D eigenvalue weighted by atomic mass is 35.5. The largest absolute Gasteiger partial charge is 0.493 e. The number of hydrogen-bond donors (Lipinski definition) is 1. The van der Waals surface area contributed by atoms with E-state index in [2.05, 4.69) is 13.8 Å². The first-order chi connectivity index (χ1) is 11.8. The second-order valence-electron chi connectivity index (χ2n) is 7.18. The van der Waals surface area contributed by atoms with E-state index in [9.17, 15) is 4.79 Å². The Morgan fingerprint density at radius 3 is 2.48 bits per heavy atom. The Hall–Kier alpha value is -1.46. The highest BCUT2D eigenvalue weighted by Gasteiger charge is 2.26. The lowest BCUT2D eigenvalue weighted by atomic mass is 9.90. The standard InChI is InChI=1S/C19H29ClN2O3/c1-12(2)11-25-18-16(20)9-15(10-17(18)24-4)19(23)22-7-5-14(6-8-22)13(3)21/h9-10,12-14H,5-8,11,21H2,1-4H3. The molecule has 0 aromatic heterocycles. The van der Waals surface area contributed by atoms with Gasteiger partial charge in [-0.25, -0.2) is 0 Å². The third-order valence-corrected chi connectivity index (χ3v) is 4.89. The van der Waals surface area contributed by atoms with Gasteiger partial charge in [-0.1, -0.05) is 25.4 Å². The number of amides is 1. The zero-order valence-electron chi connectivity index (χ0n) is 15.5. The van der Waals surface area contributed by atoms with E-state index in [4.69, 9.17) is 26.8 Å². The smallest absolute Gasteiger partial charge is 0.254 e. The summed E-state index contributed by atoms with van der Waals surface area (Å²) >= 11 is 6.35. The highest BCUT2D eigenvalue weighted by Crippen LogP contribution is 2.37. The van der Waals surface area contributed by atoms with Crippen molar-refractivity contribution in [2.75, 3.05) is 26.8 Å². The number of hydrogen-bond acceptors (Lipinski definition) is 4. The second kappa shape index (κ2) is 8.77. The molecule has 1 heterocycles. The van der Waals surface area contributed by atoms with Gasteiger partial charge in [0.2, 0.25) is 0 Å². The van der Waals surface area contributed by atoms with Gasteiger partial charge < -0.3 is 20.1 Å². The van der Waals surface area contributed by atoms with Crippen molar-refractivity contribution in [2.24, 2.45) is 17.6 Å². The molecule has 1 atom stereocenters. The molecule has 140 valence electrons. The fourth-order valence-corrected chi connectivity index (χ4v) is 3.31. The molecule has 0 radical (unpaired) electrons. The molecule has 0 bridgehead atoms. The van der Waals surface area contributed by atoms with Gasteiger partial charge in [-0.2, -0.15) is 0 Å². The minimum absolute atomic E-state index is 0.0289. The first-order valence-electron chi connectivity index (χ1n) is 8.88. The zero-order valence-corrected chi connectivity index (χ0v) is 16.3. The van der Waals surface area contributed by atoms with E-state index in [1.54, 1.807) is 19.2 Å². The van der Waals surface area contributed by atoms with Gasteiger partial charge in [-0.15, -0.1) is 0 Å². The van der Waals surface area contributed by atoms with Crippen molar-refractivity contribution in [1.82, 2.24) is 4.90 Å². The number of benzene rings is 1. The van der Waals surface area contributed by atoms with Crippen molar-refractivity contribution >= 4 is 17.5 Å². The monoisotopic (exact) mass is 368 g/mol. The molecule has 0 aliphatic carbocycles. The lowest BCUT2D eigenvalue weighted by Crippen LogP contribution is -2.42. The van der Waals surface area contributed by atoms with Crippen LogP contribution in [0.5, 0.6) is 11.5 Å². The molecular weight excluding hydrogens is 340 g/mol. The normalized spacial score (nSPS) is 16.8. The number of nitrogens with zero attached hydrogens (tertiary/aromatic N) is 1. The number of piperidine rings is 1.